The summed E-state index contributed by atoms with van der Waals surface area (Å²) in [7, 11) is 0. The van der Waals surface area contributed by atoms with E-state index in [4.69, 9.17) is 10.2 Å². The first-order chi connectivity index (χ1) is 6.73. The maximum atomic E-state index is 11.8. The van der Waals surface area contributed by atoms with Crippen molar-refractivity contribution in [2.75, 3.05) is 13.1 Å². The molecule has 0 amide bonds. The lowest BCUT2D eigenvalue weighted by Crippen LogP contribution is -2.38. The highest BCUT2D eigenvalue weighted by Gasteiger charge is 2.37. The monoisotopic (exact) mass is 227 g/mol. The van der Waals surface area contributed by atoms with Crippen molar-refractivity contribution in [3.8, 4) is 0 Å². The van der Waals surface area contributed by atoms with Crippen molar-refractivity contribution in [1.29, 1.82) is 0 Å². The van der Waals surface area contributed by atoms with Gasteiger partial charge in [0.2, 0.25) is 0 Å². The van der Waals surface area contributed by atoms with Crippen LogP contribution in [0, 0.1) is 0 Å². The second kappa shape index (κ2) is 5.72. The summed E-state index contributed by atoms with van der Waals surface area (Å²) in [5, 5.41) is 19.1. The summed E-state index contributed by atoms with van der Waals surface area (Å²) in [6.45, 7) is 0.787. The first-order valence-corrected chi connectivity index (χ1v) is 4.09. The number of halogens is 3. The van der Waals surface area contributed by atoms with E-state index in [0.29, 0.717) is 5.57 Å². The number of hydrogen-bond acceptors (Lipinski definition) is 3. The van der Waals surface area contributed by atoms with Crippen molar-refractivity contribution in [2.24, 2.45) is 0 Å². The average molecular weight is 227 g/mol. The van der Waals surface area contributed by atoms with Crippen LogP contribution < -0.4 is 5.32 Å². The SMILES string of the molecule is CC(=CC(=O)O)CNCC(O)C(F)(F)F. The van der Waals surface area contributed by atoms with E-state index in [1.165, 1.54) is 6.92 Å². The summed E-state index contributed by atoms with van der Waals surface area (Å²) in [5.74, 6) is -1.16. The van der Waals surface area contributed by atoms with Gasteiger partial charge in [-0.1, -0.05) is 5.57 Å². The molecule has 0 radical (unpaired) electrons. The van der Waals surface area contributed by atoms with E-state index in [9.17, 15) is 18.0 Å². The normalized spacial score (nSPS) is 15.1. The van der Waals surface area contributed by atoms with Crippen molar-refractivity contribution in [3.05, 3.63) is 11.6 Å². The van der Waals surface area contributed by atoms with Crippen LogP contribution in [0.15, 0.2) is 11.6 Å². The van der Waals surface area contributed by atoms with Crippen molar-refractivity contribution >= 4 is 5.97 Å². The zero-order valence-corrected chi connectivity index (χ0v) is 8.01. The molecule has 1 unspecified atom stereocenters. The molecule has 0 aliphatic rings. The Labute approximate surface area is 84.4 Å². The molecule has 88 valence electrons. The quantitative estimate of drug-likeness (QED) is 0.599. The lowest BCUT2D eigenvalue weighted by molar-refractivity contribution is -0.201. The molecule has 15 heavy (non-hydrogen) atoms. The molecule has 0 aromatic heterocycles. The standard InChI is InChI=1S/C8H12F3NO3/c1-5(2-7(14)15)3-12-4-6(13)8(9,10)11/h2,6,12-13H,3-4H2,1H3,(H,14,15). The molecule has 0 aromatic carbocycles. The Bertz CT molecular complexity index is 250. The molecule has 1 atom stereocenters. The average Bonchev–Trinajstić information content (AvgIpc) is 2.00. The molecular formula is C8H12F3NO3. The minimum atomic E-state index is -4.66. The summed E-state index contributed by atoms with van der Waals surface area (Å²) in [5.41, 5.74) is 0.372. The summed E-state index contributed by atoms with van der Waals surface area (Å²) < 4.78 is 35.4. The highest BCUT2D eigenvalue weighted by atomic mass is 19.4. The van der Waals surface area contributed by atoms with Gasteiger partial charge in [-0.3, -0.25) is 0 Å². The number of carbonyl (C=O) groups is 1. The molecule has 3 N–H and O–H groups in total. The third-order valence-electron chi connectivity index (χ3n) is 1.49. The van der Waals surface area contributed by atoms with Crippen LogP contribution in [0.1, 0.15) is 6.92 Å². The molecule has 0 spiro atoms. The van der Waals surface area contributed by atoms with Crippen LogP contribution in [0.2, 0.25) is 0 Å². The van der Waals surface area contributed by atoms with Crippen molar-refractivity contribution in [1.82, 2.24) is 5.32 Å². The fraction of sp³-hybridized carbons (Fsp3) is 0.625. The number of aliphatic hydroxyl groups excluding tert-OH is 1. The van der Waals surface area contributed by atoms with E-state index >= 15 is 0 Å². The van der Waals surface area contributed by atoms with Crippen molar-refractivity contribution in [3.63, 3.8) is 0 Å². The van der Waals surface area contributed by atoms with Gasteiger partial charge < -0.3 is 15.5 Å². The van der Waals surface area contributed by atoms with Gasteiger partial charge in [-0.05, 0) is 6.92 Å². The van der Waals surface area contributed by atoms with E-state index in [0.717, 1.165) is 6.08 Å². The molecule has 0 aromatic rings. The Morgan fingerprint density at radius 1 is 1.53 bits per heavy atom. The number of alkyl halides is 3. The number of nitrogens with one attached hydrogen (secondary N) is 1. The number of aliphatic carboxylic acids is 1. The summed E-state index contributed by atoms with van der Waals surface area (Å²) >= 11 is 0. The van der Waals surface area contributed by atoms with Gasteiger partial charge in [0.15, 0.2) is 6.10 Å². The van der Waals surface area contributed by atoms with Gasteiger partial charge in [0.25, 0.3) is 0 Å². The highest BCUT2D eigenvalue weighted by Crippen LogP contribution is 2.19. The van der Waals surface area contributed by atoms with E-state index in [-0.39, 0.29) is 6.54 Å². The molecule has 0 fully saturated rings. The molecule has 0 saturated carbocycles. The number of aliphatic hydroxyl groups is 1. The predicted octanol–water partition coefficient (Wildman–Crippen LogP) is 0.530. The molecule has 4 nitrogen and oxygen atoms in total. The van der Waals surface area contributed by atoms with Gasteiger partial charge in [-0.15, -0.1) is 0 Å². The molecule has 0 saturated heterocycles. The molecular weight excluding hydrogens is 215 g/mol. The smallest absolute Gasteiger partial charge is 0.415 e. The minimum absolute atomic E-state index is 0.0144. The van der Waals surface area contributed by atoms with Crippen molar-refractivity contribution < 1.29 is 28.2 Å². The Kier molecular flexibility index (Phi) is 5.31. The zero-order valence-electron chi connectivity index (χ0n) is 8.01. The van der Waals surface area contributed by atoms with E-state index in [1.807, 2.05) is 0 Å². The van der Waals surface area contributed by atoms with Gasteiger partial charge in [0.1, 0.15) is 0 Å². The Hall–Kier alpha value is -1.08. The van der Waals surface area contributed by atoms with Crippen LogP contribution in [-0.2, 0) is 4.79 Å². The third kappa shape index (κ3) is 6.92. The predicted molar refractivity (Wildman–Crippen MR) is 46.3 cm³/mol. The van der Waals surface area contributed by atoms with Gasteiger partial charge >= 0.3 is 12.1 Å². The Balaban J connectivity index is 3.86. The van der Waals surface area contributed by atoms with Crippen LogP contribution in [0.5, 0.6) is 0 Å². The summed E-state index contributed by atoms with van der Waals surface area (Å²) in [4.78, 5) is 10.1. The second-order valence-electron chi connectivity index (χ2n) is 3.02. The molecule has 0 aliphatic carbocycles. The van der Waals surface area contributed by atoms with Gasteiger partial charge in [-0.25, -0.2) is 4.79 Å². The van der Waals surface area contributed by atoms with Crippen LogP contribution in [-0.4, -0.2) is 41.6 Å². The third-order valence-corrected chi connectivity index (χ3v) is 1.49. The number of hydrogen-bond donors (Lipinski definition) is 3. The molecule has 7 heteroatoms. The van der Waals surface area contributed by atoms with Crippen LogP contribution in [0.25, 0.3) is 0 Å². The maximum Gasteiger partial charge on any atom is 0.415 e. The minimum Gasteiger partial charge on any atom is -0.478 e. The molecule has 0 rings (SSSR count). The fourth-order valence-corrected chi connectivity index (χ4v) is 0.784. The first kappa shape index (κ1) is 13.9. The lowest BCUT2D eigenvalue weighted by atomic mass is 10.2. The zero-order chi connectivity index (χ0) is 12.1. The summed E-state index contributed by atoms with van der Waals surface area (Å²) in [6.07, 6.45) is -6.21. The van der Waals surface area contributed by atoms with E-state index in [1.54, 1.807) is 0 Å². The fourth-order valence-electron chi connectivity index (χ4n) is 0.784. The lowest BCUT2D eigenvalue weighted by Gasteiger charge is -2.14. The number of carboxylic acids is 1. The van der Waals surface area contributed by atoms with Crippen LogP contribution in [0.4, 0.5) is 13.2 Å². The van der Waals surface area contributed by atoms with Crippen LogP contribution >= 0.6 is 0 Å². The largest absolute Gasteiger partial charge is 0.478 e. The van der Waals surface area contributed by atoms with E-state index in [2.05, 4.69) is 5.32 Å². The topological polar surface area (TPSA) is 69.6 Å². The second-order valence-corrected chi connectivity index (χ2v) is 3.02. The molecule has 0 heterocycles. The van der Waals surface area contributed by atoms with Crippen molar-refractivity contribution in [2.45, 2.75) is 19.2 Å². The van der Waals surface area contributed by atoms with Gasteiger partial charge in [0, 0.05) is 19.2 Å². The van der Waals surface area contributed by atoms with Gasteiger partial charge in [-0.2, -0.15) is 13.2 Å². The Morgan fingerprint density at radius 3 is 2.47 bits per heavy atom. The highest BCUT2D eigenvalue weighted by molar-refractivity contribution is 5.80. The van der Waals surface area contributed by atoms with Crippen LogP contribution in [0.3, 0.4) is 0 Å². The maximum absolute atomic E-state index is 11.8. The number of carboxylic acid groups (broad SMARTS) is 1. The first-order valence-electron chi connectivity index (χ1n) is 4.09. The van der Waals surface area contributed by atoms with Gasteiger partial charge in [0.05, 0.1) is 0 Å². The molecule has 0 bridgehead atoms. The van der Waals surface area contributed by atoms with E-state index < -0.39 is 24.8 Å². The molecule has 0 aliphatic heterocycles. The summed E-state index contributed by atoms with van der Waals surface area (Å²) in [6, 6.07) is 0. The number of rotatable bonds is 5. The Morgan fingerprint density at radius 2 is 2.07 bits per heavy atom.